The Morgan fingerprint density at radius 2 is 1.88 bits per heavy atom. The fourth-order valence-corrected chi connectivity index (χ4v) is 2.74. The van der Waals surface area contributed by atoms with Gasteiger partial charge in [0.2, 0.25) is 0 Å². The molecule has 1 aliphatic heterocycles. The first kappa shape index (κ1) is 17.8. The van der Waals surface area contributed by atoms with Crippen molar-refractivity contribution < 1.29 is 24.2 Å². The highest BCUT2D eigenvalue weighted by Crippen LogP contribution is 2.29. The van der Waals surface area contributed by atoms with E-state index in [0.29, 0.717) is 11.4 Å². The minimum atomic E-state index is -2.15. The summed E-state index contributed by atoms with van der Waals surface area (Å²) in [5.74, 6) is -2.09. The Balaban J connectivity index is 1.57. The first-order valence-electron chi connectivity index (χ1n) is 8.21. The SMILES string of the molecule is COc1ccc(CNC(=O)O[C@@]2(O)CCN(c3ccccc3)C2=O)cc1. The Hall–Kier alpha value is -3.06. The predicted octanol–water partition coefficient (Wildman–Crippen LogP) is 2.05. The van der Waals surface area contributed by atoms with E-state index < -0.39 is 17.8 Å². The molecule has 2 aromatic rings. The van der Waals surface area contributed by atoms with E-state index in [2.05, 4.69) is 5.32 Å². The minimum absolute atomic E-state index is 0.0106. The van der Waals surface area contributed by atoms with Crippen LogP contribution in [0.15, 0.2) is 54.6 Å². The number of hydrogen-bond donors (Lipinski definition) is 2. The molecule has 7 heteroatoms. The zero-order chi connectivity index (χ0) is 18.6. The van der Waals surface area contributed by atoms with Gasteiger partial charge in [-0.05, 0) is 29.8 Å². The van der Waals surface area contributed by atoms with E-state index in [1.165, 1.54) is 4.90 Å². The molecule has 1 atom stereocenters. The third-order valence-electron chi connectivity index (χ3n) is 4.18. The average molecular weight is 356 g/mol. The summed E-state index contributed by atoms with van der Waals surface area (Å²) in [4.78, 5) is 25.9. The third-order valence-corrected chi connectivity index (χ3v) is 4.18. The number of methoxy groups -OCH3 is 1. The van der Waals surface area contributed by atoms with Crippen molar-refractivity contribution in [3.8, 4) is 5.75 Å². The van der Waals surface area contributed by atoms with Gasteiger partial charge in [-0.1, -0.05) is 30.3 Å². The number of rotatable bonds is 5. The van der Waals surface area contributed by atoms with Gasteiger partial charge in [-0.3, -0.25) is 4.79 Å². The lowest BCUT2D eigenvalue weighted by Crippen LogP contribution is -2.46. The lowest BCUT2D eigenvalue weighted by molar-refractivity contribution is -0.175. The summed E-state index contributed by atoms with van der Waals surface area (Å²) in [6, 6.07) is 16.1. The molecule has 3 rings (SSSR count). The molecule has 0 unspecified atom stereocenters. The zero-order valence-electron chi connectivity index (χ0n) is 14.3. The highest BCUT2D eigenvalue weighted by Gasteiger charge is 2.49. The van der Waals surface area contributed by atoms with Gasteiger partial charge in [-0.25, -0.2) is 4.79 Å². The zero-order valence-corrected chi connectivity index (χ0v) is 14.3. The molecule has 1 aliphatic rings. The molecule has 0 saturated carbocycles. The van der Waals surface area contributed by atoms with Crippen molar-refractivity contribution in [2.24, 2.45) is 0 Å². The summed E-state index contributed by atoms with van der Waals surface area (Å²) in [6.07, 6.45) is -0.844. The molecule has 1 saturated heterocycles. The molecule has 0 aliphatic carbocycles. The van der Waals surface area contributed by atoms with Gasteiger partial charge < -0.3 is 24.8 Å². The number of alkyl carbamates (subject to hydrolysis) is 1. The van der Waals surface area contributed by atoms with Crippen LogP contribution in [-0.4, -0.2) is 36.5 Å². The molecule has 0 radical (unpaired) electrons. The van der Waals surface area contributed by atoms with Gasteiger partial charge in [-0.2, -0.15) is 0 Å². The number of amides is 2. The highest BCUT2D eigenvalue weighted by atomic mass is 16.7. The third kappa shape index (κ3) is 3.78. The predicted molar refractivity (Wildman–Crippen MR) is 94.7 cm³/mol. The number of carbonyl (C=O) groups excluding carboxylic acids is 2. The normalized spacial score (nSPS) is 19.3. The smallest absolute Gasteiger partial charge is 0.410 e. The Kier molecular flexibility index (Phi) is 5.09. The van der Waals surface area contributed by atoms with Gasteiger partial charge in [0.1, 0.15) is 5.75 Å². The van der Waals surface area contributed by atoms with Crippen LogP contribution in [0, 0.1) is 0 Å². The van der Waals surface area contributed by atoms with Crippen LogP contribution >= 0.6 is 0 Å². The standard InChI is InChI=1S/C19H20N2O5/c1-25-16-9-7-14(8-10-16)13-20-18(23)26-19(24)11-12-21(17(19)22)15-5-3-2-4-6-15/h2-10,24H,11-13H2,1H3,(H,20,23)/t19-/m0/s1. The van der Waals surface area contributed by atoms with Gasteiger partial charge in [0.25, 0.3) is 11.7 Å². The quantitative estimate of drug-likeness (QED) is 0.801. The number of ether oxygens (including phenoxy) is 2. The second-order valence-corrected chi connectivity index (χ2v) is 5.92. The number of para-hydroxylation sites is 1. The van der Waals surface area contributed by atoms with Crippen molar-refractivity contribution in [1.29, 1.82) is 0 Å². The van der Waals surface area contributed by atoms with Crippen molar-refractivity contribution in [2.75, 3.05) is 18.6 Å². The van der Waals surface area contributed by atoms with Crippen LogP contribution in [0.4, 0.5) is 10.5 Å². The number of hydrogen-bond acceptors (Lipinski definition) is 5. The molecule has 7 nitrogen and oxygen atoms in total. The second-order valence-electron chi connectivity index (χ2n) is 5.92. The maximum absolute atomic E-state index is 12.5. The summed E-state index contributed by atoms with van der Waals surface area (Å²) in [7, 11) is 1.57. The molecule has 1 heterocycles. The molecule has 1 fully saturated rings. The molecule has 0 aromatic heterocycles. The van der Waals surface area contributed by atoms with E-state index >= 15 is 0 Å². The molecule has 136 valence electrons. The molecule has 2 N–H and O–H groups in total. The lowest BCUT2D eigenvalue weighted by Gasteiger charge is -2.22. The molecule has 2 amide bonds. The van der Waals surface area contributed by atoms with Gasteiger partial charge in [0.15, 0.2) is 0 Å². The topological polar surface area (TPSA) is 88.1 Å². The number of nitrogens with one attached hydrogen (secondary N) is 1. The maximum atomic E-state index is 12.5. The van der Waals surface area contributed by atoms with E-state index in [9.17, 15) is 14.7 Å². The number of anilines is 1. The lowest BCUT2D eigenvalue weighted by atomic mass is 10.2. The van der Waals surface area contributed by atoms with Crippen LogP contribution in [0.2, 0.25) is 0 Å². The Morgan fingerprint density at radius 3 is 2.54 bits per heavy atom. The van der Waals surface area contributed by atoms with Crippen molar-refractivity contribution in [3.63, 3.8) is 0 Å². The molecular weight excluding hydrogens is 336 g/mol. The van der Waals surface area contributed by atoms with E-state index in [1.54, 1.807) is 55.6 Å². The fourth-order valence-electron chi connectivity index (χ4n) is 2.74. The van der Waals surface area contributed by atoms with E-state index in [1.807, 2.05) is 6.07 Å². The first-order valence-corrected chi connectivity index (χ1v) is 8.21. The molecule has 2 aromatic carbocycles. The van der Waals surface area contributed by atoms with Gasteiger partial charge in [-0.15, -0.1) is 0 Å². The van der Waals surface area contributed by atoms with Crippen LogP contribution in [0.3, 0.4) is 0 Å². The summed E-state index contributed by atoms with van der Waals surface area (Å²) in [6.45, 7) is 0.473. The molecule has 0 bridgehead atoms. The fraction of sp³-hybridized carbons (Fsp3) is 0.263. The number of aliphatic hydroxyl groups is 1. The number of nitrogens with zero attached hydrogens (tertiary/aromatic N) is 1. The van der Waals surface area contributed by atoms with Crippen molar-refractivity contribution in [1.82, 2.24) is 5.32 Å². The van der Waals surface area contributed by atoms with E-state index in [4.69, 9.17) is 9.47 Å². The molecule has 0 spiro atoms. The van der Waals surface area contributed by atoms with E-state index in [0.717, 1.165) is 5.56 Å². The average Bonchev–Trinajstić information content (AvgIpc) is 2.96. The second kappa shape index (κ2) is 7.45. The van der Waals surface area contributed by atoms with Crippen LogP contribution in [0.1, 0.15) is 12.0 Å². The van der Waals surface area contributed by atoms with Crippen molar-refractivity contribution in [3.05, 3.63) is 60.2 Å². The van der Waals surface area contributed by atoms with Crippen molar-refractivity contribution in [2.45, 2.75) is 18.8 Å². The minimum Gasteiger partial charge on any atom is -0.497 e. The summed E-state index contributed by atoms with van der Waals surface area (Å²) in [5, 5.41) is 13.0. The van der Waals surface area contributed by atoms with Crippen LogP contribution in [-0.2, 0) is 16.1 Å². The summed E-state index contributed by atoms with van der Waals surface area (Å²) < 4.78 is 10.1. The Morgan fingerprint density at radius 1 is 1.19 bits per heavy atom. The van der Waals surface area contributed by atoms with Crippen LogP contribution < -0.4 is 15.0 Å². The van der Waals surface area contributed by atoms with Gasteiger partial charge in [0.05, 0.1) is 7.11 Å². The highest BCUT2D eigenvalue weighted by molar-refractivity contribution is 6.01. The van der Waals surface area contributed by atoms with Gasteiger partial charge in [0, 0.05) is 25.2 Å². The van der Waals surface area contributed by atoms with Crippen LogP contribution in [0.25, 0.3) is 0 Å². The summed E-state index contributed by atoms with van der Waals surface area (Å²) in [5.41, 5.74) is 1.48. The van der Waals surface area contributed by atoms with Crippen LogP contribution in [0.5, 0.6) is 5.75 Å². The monoisotopic (exact) mass is 356 g/mol. The number of carbonyl (C=O) groups is 2. The molecule has 26 heavy (non-hydrogen) atoms. The molecular formula is C19H20N2O5. The van der Waals surface area contributed by atoms with Gasteiger partial charge >= 0.3 is 6.09 Å². The Bertz CT molecular complexity index is 778. The van der Waals surface area contributed by atoms with E-state index in [-0.39, 0.29) is 19.5 Å². The van der Waals surface area contributed by atoms with Crippen molar-refractivity contribution >= 4 is 17.7 Å². The Labute approximate surface area is 151 Å². The maximum Gasteiger partial charge on any atom is 0.410 e. The summed E-state index contributed by atoms with van der Waals surface area (Å²) >= 11 is 0. The largest absolute Gasteiger partial charge is 0.497 e. The first-order chi connectivity index (χ1) is 12.5. The number of benzene rings is 2.